The predicted octanol–water partition coefficient (Wildman–Crippen LogP) is 4.04. The highest BCUT2D eigenvalue weighted by atomic mass is 19.1. The van der Waals surface area contributed by atoms with Gasteiger partial charge in [-0.05, 0) is 54.4 Å². The van der Waals surface area contributed by atoms with Crippen LogP contribution in [0.1, 0.15) is 12.0 Å². The van der Waals surface area contributed by atoms with Crippen molar-refractivity contribution in [2.24, 2.45) is 5.11 Å². The fourth-order valence-electron chi connectivity index (χ4n) is 2.11. The Hall–Kier alpha value is -2.80. The van der Waals surface area contributed by atoms with Gasteiger partial charge in [-0.3, -0.25) is 4.79 Å². The van der Waals surface area contributed by atoms with Gasteiger partial charge in [-0.25, -0.2) is 4.39 Å². The lowest BCUT2D eigenvalue weighted by Gasteiger charge is -2.11. The van der Waals surface area contributed by atoms with E-state index in [0.29, 0.717) is 36.6 Å². The van der Waals surface area contributed by atoms with Crippen LogP contribution in [0.4, 0.5) is 10.1 Å². The van der Waals surface area contributed by atoms with E-state index in [2.05, 4.69) is 5.11 Å². The van der Waals surface area contributed by atoms with Gasteiger partial charge in [-0.15, -0.1) is 0 Å². The molecule has 0 saturated carbocycles. The van der Waals surface area contributed by atoms with E-state index in [1.165, 1.54) is 24.3 Å². The van der Waals surface area contributed by atoms with E-state index in [-0.39, 0.29) is 12.2 Å². The number of nitrogens with zero attached hydrogens (tertiary/aromatic N) is 2. The molecular weight excluding hydrogens is 327 g/mol. The van der Waals surface area contributed by atoms with Crippen LogP contribution >= 0.6 is 0 Å². The summed E-state index contributed by atoms with van der Waals surface area (Å²) in [7, 11) is 1.58. The van der Waals surface area contributed by atoms with Crippen molar-refractivity contribution in [3.8, 4) is 11.5 Å². The van der Waals surface area contributed by atoms with E-state index in [1.807, 2.05) is 0 Å². The molecule has 0 radical (unpaired) electrons. The average molecular weight is 345 g/mol. The zero-order chi connectivity index (χ0) is 18.1. The third-order valence-corrected chi connectivity index (χ3v) is 3.36. The van der Waals surface area contributed by atoms with Gasteiger partial charge < -0.3 is 24.9 Å². The number of aryl methyl sites for hydroxylation is 1. The van der Waals surface area contributed by atoms with Crippen LogP contribution < -0.4 is 9.47 Å². The average Bonchev–Trinajstić information content (AvgIpc) is 2.62. The lowest BCUT2D eigenvalue weighted by atomic mass is 10.1. The Morgan fingerprint density at radius 2 is 1.84 bits per heavy atom. The smallest absolute Gasteiger partial charge is 0.311 e. The van der Waals surface area contributed by atoms with Gasteiger partial charge in [0.15, 0.2) is 0 Å². The van der Waals surface area contributed by atoms with Gasteiger partial charge in [0.05, 0.1) is 13.0 Å². The van der Waals surface area contributed by atoms with Crippen molar-refractivity contribution in [3.63, 3.8) is 0 Å². The molecule has 0 unspecified atom stereocenters. The zero-order valence-corrected chi connectivity index (χ0v) is 13.8. The second-order valence-corrected chi connectivity index (χ2v) is 5.16. The van der Waals surface area contributed by atoms with Gasteiger partial charge in [-0.1, -0.05) is 0 Å². The standard InChI is InChI=1S/C18H18FN2O4/c1-23-10-11-24-16-7-8-17(21-20)13(12-16)2-9-18(22)25-15-5-3-14(19)4-6-15/h3-8,12H,2,9-11H2,1H3/q-1. The topological polar surface area (TPSA) is 79.4 Å². The summed E-state index contributed by atoms with van der Waals surface area (Å²) in [5.74, 6) is -0.0121. The molecule has 0 heterocycles. The zero-order valence-electron chi connectivity index (χ0n) is 13.8. The first-order valence-corrected chi connectivity index (χ1v) is 7.68. The summed E-state index contributed by atoms with van der Waals surface area (Å²) in [5, 5.41) is 3.21. The van der Waals surface area contributed by atoms with Gasteiger partial charge in [0, 0.05) is 12.8 Å². The molecule has 25 heavy (non-hydrogen) atoms. The lowest BCUT2D eigenvalue weighted by molar-refractivity contribution is -0.134. The molecular formula is C18H18FN2O4-. The second kappa shape index (κ2) is 9.48. The second-order valence-electron chi connectivity index (χ2n) is 5.16. The minimum atomic E-state index is -0.471. The predicted molar refractivity (Wildman–Crippen MR) is 89.6 cm³/mol. The quantitative estimate of drug-likeness (QED) is 0.297. The minimum Gasteiger partial charge on any atom is -0.706 e. The molecule has 0 bridgehead atoms. The van der Waals surface area contributed by atoms with Crippen LogP contribution in [0.15, 0.2) is 47.6 Å². The first-order valence-electron chi connectivity index (χ1n) is 7.68. The van der Waals surface area contributed by atoms with Crippen LogP contribution in [0.2, 0.25) is 0 Å². The van der Waals surface area contributed by atoms with Crippen LogP contribution in [-0.2, 0) is 16.0 Å². The van der Waals surface area contributed by atoms with Gasteiger partial charge in [0.1, 0.15) is 23.9 Å². The van der Waals surface area contributed by atoms with Crippen LogP contribution in [0, 0.1) is 5.82 Å². The molecule has 132 valence electrons. The molecule has 2 aromatic rings. The SMILES string of the molecule is COCCOc1ccc(N=[N-])c(CCC(=O)Oc2ccc(F)cc2)c1. The molecule has 7 heteroatoms. The number of methoxy groups -OCH3 is 1. The number of ether oxygens (including phenoxy) is 3. The highest BCUT2D eigenvalue weighted by Gasteiger charge is 2.09. The van der Waals surface area contributed by atoms with Gasteiger partial charge in [0.25, 0.3) is 0 Å². The van der Waals surface area contributed by atoms with Crippen molar-refractivity contribution < 1.29 is 23.4 Å². The van der Waals surface area contributed by atoms with Gasteiger partial charge >= 0.3 is 5.97 Å². The van der Waals surface area contributed by atoms with Gasteiger partial charge in [-0.2, -0.15) is 0 Å². The summed E-state index contributed by atoms with van der Waals surface area (Å²) < 4.78 is 28.4. The van der Waals surface area contributed by atoms with Crippen molar-refractivity contribution in [2.45, 2.75) is 12.8 Å². The molecule has 2 rings (SSSR count). The fourth-order valence-corrected chi connectivity index (χ4v) is 2.11. The van der Waals surface area contributed by atoms with Crippen molar-refractivity contribution >= 4 is 11.7 Å². The van der Waals surface area contributed by atoms with Crippen LogP contribution in [0.5, 0.6) is 11.5 Å². The van der Waals surface area contributed by atoms with Crippen LogP contribution in [0.25, 0.3) is 5.53 Å². The molecule has 6 nitrogen and oxygen atoms in total. The molecule has 0 fully saturated rings. The number of hydrogen-bond donors (Lipinski definition) is 0. The lowest BCUT2D eigenvalue weighted by Crippen LogP contribution is -2.09. The summed E-state index contributed by atoms with van der Waals surface area (Å²) in [6, 6.07) is 10.2. The number of hydrogen-bond acceptors (Lipinski definition) is 5. The van der Waals surface area contributed by atoms with E-state index < -0.39 is 11.8 Å². The van der Waals surface area contributed by atoms with Crippen molar-refractivity contribution in [2.75, 3.05) is 20.3 Å². The van der Waals surface area contributed by atoms with E-state index in [9.17, 15) is 9.18 Å². The normalized spacial score (nSPS) is 10.3. The number of rotatable bonds is 9. The summed E-state index contributed by atoms with van der Waals surface area (Å²) >= 11 is 0. The van der Waals surface area contributed by atoms with Crippen molar-refractivity contribution in [1.29, 1.82) is 0 Å². The van der Waals surface area contributed by atoms with E-state index >= 15 is 0 Å². The molecule has 0 amide bonds. The van der Waals surface area contributed by atoms with Crippen molar-refractivity contribution in [3.05, 3.63) is 59.4 Å². The number of esters is 1. The Kier molecular flexibility index (Phi) is 7.03. The molecule has 0 aliphatic rings. The first kappa shape index (κ1) is 18.5. The van der Waals surface area contributed by atoms with E-state index in [0.717, 1.165) is 0 Å². The van der Waals surface area contributed by atoms with Crippen molar-refractivity contribution in [1.82, 2.24) is 0 Å². The molecule has 2 aromatic carbocycles. The summed E-state index contributed by atoms with van der Waals surface area (Å²) in [5.41, 5.74) is 10.1. The summed E-state index contributed by atoms with van der Waals surface area (Å²) in [6.45, 7) is 0.837. The Balaban J connectivity index is 1.95. The maximum Gasteiger partial charge on any atom is 0.311 e. The molecule has 0 aliphatic carbocycles. The molecule has 0 N–H and O–H groups in total. The molecule has 0 aliphatic heterocycles. The third kappa shape index (κ3) is 5.96. The molecule has 0 spiro atoms. The minimum absolute atomic E-state index is 0.0709. The maximum absolute atomic E-state index is 12.8. The Morgan fingerprint density at radius 3 is 2.52 bits per heavy atom. The van der Waals surface area contributed by atoms with Crippen LogP contribution in [0.3, 0.4) is 0 Å². The fraction of sp³-hybridized carbons (Fsp3) is 0.278. The van der Waals surface area contributed by atoms with Crippen LogP contribution in [-0.4, -0.2) is 26.3 Å². The number of carbonyl (C=O) groups excluding carboxylic acids is 1. The Bertz CT molecular complexity index is 720. The van der Waals surface area contributed by atoms with E-state index in [1.54, 1.807) is 25.3 Å². The summed E-state index contributed by atoms with van der Waals surface area (Å²) in [6.07, 6.45) is 0.377. The highest BCUT2D eigenvalue weighted by molar-refractivity contribution is 5.73. The monoisotopic (exact) mass is 345 g/mol. The van der Waals surface area contributed by atoms with E-state index in [4.69, 9.17) is 19.7 Å². The number of carbonyl (C=O) groups is 1. The number of benzene rings is 2. The van der Waals surface area contributed by atoms with Gasteiger partial charge in [0.2, 0.25) is 0 Å². The Morgan fingerprint density at radius 1 is 1.12 bits per heavy atom. The third-order valence-electron chi connectivity index (χ3n) is 3.36. The molecule has 0 saturated heterocycles. The largest absolute Gasteiger partial charge is 0.706 e. The highest BCUT2D eigenvalue weighted by Crippen LogP contribution is 2.26. The Labute approximate surface area is 145 Å². The first-order chi connectivity index (χ1) is 12.1. The molecule has 0 atom stereocenters. The number of halogens is 1. The molecule has 0 aromatic heterocycles. The summed E-state index contributed by atoms with van der Waals surface area (Å²) in [4.78, 5) is 11.9. The maximum atomic E-state index is 12.8.